The first-order valence-electron chi connectivity index (χ1n) is 5.89. The third kappa shape index (κ3) is 3.66. The molecule has 0 aliphatic heterocycles. The van der Waals surface area contributed by atoms with Crippen LogP contribution in [0.5, 0.6) is 0 Å². The molecule has 1 aromatic carbocycles. The van der Waals surface area contributed by atoms with Crippen LogP contribution in [-0.4, -0.2) is 17.3 Å². The van der Waals surface area contributed by atoms with Crippen molar-refractivity contribution in [3.63, 3.8) is 0 Å². The minimum atomic E-state index is -0.406. The van der Waals surface area contributed by atoms with Gasteiger partial charge >= 0.3 is 0 Å². The fourth-order valence-corrected chi connectivity index (χ4v) is 2.26. The third-order valence-corrected chi connectivity index (χ3v) is 3.40. The molecular weight excluding hydrogens is 243 g/mol. The molecule has 0 amide bonds. The quantitative estimate of drug-likeness (QED) is 0.901. The maximum Gasteiger partial charge on any atom is 0.141 e. The summed E-state index contributed by atoms with van der Waals surface area (Å²) in [4.78, 5) is 0. The lowest BCUT2D eigenvalue weighted by Gasteiger charge is -2.25. The number of hydrogen-bond acceptors (Lipinski definition) is 2. The molecule has 17 heavy (non-hydrogen) atoms. The van der Waals surface area contributed by atoms with Crippen molar-refractivity contribution in [3.05, 3.63) is 34.6 Å². The number of ether oxygens (including phenoxy) is 1. The van der Waals surface area contributed by atoms with E-state index in [2.05, 4.69) is 0 Å². The van der Waals surface area contributed by atoms with Crippen LogP contribution in [0.15, 0.2) is 18.2 Å². The number of aliphatic hydroxyl groups excluding tert-OH is 1. The largest absolute Gasteiger partial charge is 0.393 e. The standard InChI is InChI=1S/C13H16ClFO2/c14-12-7-9(1-6-13(12)15)8-17-11-4-2-10(16)3-5-11/h1,6-7,10-11,16H,2-5,8H2. The predicted octanol–water partition coefficient (Wildman–Crippen LogP) is 3.30. The molecule has 0 atom stereocenters. The smallest absolute Gasteiger partial charge is 0.141 e. The van der Waals surface area contributed by atoms with Crippen molar-refractivity contribution in [2.75, 3.05) is 0 Å². The van der Waals surface area contributed by atoms with Crippen molar-refractivity contribution in [1.82, 2.24) is 0 Å². The normalized spacial score (nSPS) is 24.9. The summed E-state index contributed by atoms with van der Waals surface area (Å²) in [5.74, 6) is -0.406. The molecule has 0 aromatic heterocycles. The van der Waals surface area contributed by atoms with E-state index in [0.717, 1.165) is 31.2 Å². The van der Waals surface area contributed by atoms with Gasteiger partial charge in [0, 0.05) is 0 Å². The molecule has 94 valence electrons. The summed E-state index contributed by atoms with van der Waals surface area (Å²) in [6.45, 7) is 0.445. The molecule has 1 aliphatic rings. The van der Waals surface area contributed by atoms with E-state index in [1.807, 2.05) is 0 Å². The van der Waals surface area contributed by atoms with Gasteiger partial charge in [-0.25, -0.2) is 4.39 Å². The molecule has 2 rings (SSSR count). The Morgan fingerprint density at radius 1 is 1.29 bits per heavy atom. The highest BCUT2D eigenvalue weighted by Gasteiger charge is 2.19. The molecule has 4 heteroatoms. The molecule has 0 radical (unpaired) electrons. The Labute approximate surface area is 105 Å². The zero-order valence-electron chi connectivity index (χ0n) is 9.53. The first-order valence-corrected chi connectivity index (χ1v) is 6.26. The number of halogens is 2. The van der Waals surface area contributed by atoms with Crippen molar-refractivity contribution in [1.29, 1.82) is 0 Å². The highest BCUT2D eigenvalue weighted by Crippen LogP contribution is 2.23. The molecule has 0 unspecified atom stereocenters. The Balaban J connectivity index is 1.83. The van der Waals surface area contributed by atoms with Gasteiger partial charge in [-0.2, -0.15) is 0 Å². The van der Waals surface area contributed by atoms with E-state index in [1.165, 1.54) is 6.07 Å². The second kappa shape index (κ2) is 5.80. The van der Waals surface area contributed by atoms with Crippen LogP contribution in [-0.2, 0) is 11.3 Å². The summed E-state index contributed by atoms with van der Waals surface area (Å²) in [7, 11) is 0. The molecule has 0 spiro atoms. The Morgan fingerprint density at radius 3 is 2.65 bits per heavy atom. The number of aliphatic hydroxyl groups is 1. The van der Waals surface area contributed by atoms with Gasteiger partial charge in [0.05, 0.1) is 23.8 Å². The fourth-order valence-electron chi connectivity index (χ4n) is 2.06. The number of benzene rings is 1. The van der Waals surface area contributed by atoms with Crippen LogP contribution in [0, 0.1) is 5.82 Å². The van der Waals surface area contributed by atoms with Crippen molar-refractivity contribution in [3.8, 4) is 0 Å². The highest BCUT2D eigenvalue weighted by atomic mass is 35.5. The molecule has 1 N–H and O–H groups in total. The second-order valence-corrected chi connectivity index (χ2v) is 4.90. The molecule has 1 fully saturated rings. The molecule has 2 nitrogen and oxygen atoms in total. The van der Waals surface area contributed by atoms with Crippen LogP contribution in [0.25, 0.3) is 0 Å². The minimum absolute atomic E-state index is 0.130. The van der Waals surface area contributed by atoms with Crippen LogP contribution < -0.4 is 0 Å². The van der Waals surface area contributed by atoms with Gasteiger partial charge in [0.1, 0.15) is 5.82 Å². The maximum absolute atomic E-state index is 12.9. The van der Waals surface area contributed by atoms with Crippen molar-refractivity contribution in [2.45, 2.75) is 44.5 Å². The molecular formula is C13H16ClFO2. The van der Waals surface area contributed by atoms with E-state index in [4.69, 9.17) is 16.3 Å². The average Bonchev–Trinajstić information content (AvgIpc) is 2.33. The van der Waals surface area contributed by atoms with Gasteiger partial charge in [0.15, 0.2) is 0 Å². The molecule has 0 bridgehead atoms. The second-order valence-electron chi connectivity index (χ2n) is 4.49. The highest BCUT2D eigenvalue weighted by molar-refractivity contribution is 6.30. The van der Waals surface area contributed by atoms with E-state index in [0.29, 0.717) is 6.61 Å². The minimum Gasteiger partial charge on any atom is -0.393 e. The van der Waals surface area contributed by atoms with E-state index >= 15 is 0 Å². The molecule has 0 heterocycles. The first kappa shape index (κ1) is 12.8. The van der Waals surface area contributed by atoms with Gasteiger partial charge in [0.2, 0.25) is 0 Å². The van der Waals surface area contributed by atoms with Gasteiger partial charge in [-0.1, -0.05) is 17.7 Å². The van der Waals surface area contributed by atoms with Crippen molar-refractivity contribution in [2.24, 2.45) is 0 Å². The van der Waals surface area contributed by atoms with E-state index in [1.54, 1.807) is 12.1 Å². The Hall–Kier alpha value is -0.640. The third-order valence-electron chi connectivity index (χ3n) is 3.11. The van der Waals surface area contributed by atoms with Crippen LogP contribution in [0.2, 0.25) is 5.02 Å². The summed E-state index contributed by atoms with van der Waals surface area (Å²) in [6, 6.07) is 4.62. The van der Waals surface area contributed by atoms with Gasteiger partial charge < -0.3 is 9.84 Å². The lowest BCUT2D eigenvalue weighted by molar-refractivity contribution is -0.0118. The van der Waals surface area contributed by atoms with E-state index in [-0.39, 0.29) is 17.2 Å². The van der Waals surface area contributed by atoms with Gasteiger partial charge in [-0.05, 0) is 43.4 Å². The Morgan fingerprint density at radius 2 is 2.00 bits per heavy atom. The van der Waals surface area contributed by atoms with Crippen molar-refractivity contribution < 1.29 is 14.2 Å². The summed E-state index contributed by atoms with van der Waals surface area (Å²) < 4.78 is 18.7. The Kier molecular flexibility index (Phi) is 4.37. The maximum atomic E-state index is 12.9. The summed E-state index contributed by atoms with van der Waals surface area (Å²) in [5.41, 5.74) is 0.877. The first-order chi connectivity index (χ1) is 8.15. The summed E-state index contributed by atoms with van der Waals surface area (Å²) >= 11 is 5.69. The zero-order chi connectivity index (χ0) is 12.3. The van der Waals surface area contributed by atoms with E-state index < -0.39 is 5.82 Å². The zero-order valence-corrected chi connectivity index (χ0v) is 10.3. The van der Waals surface area contributed by atoms with Crippen LogP contribution in [0.3, 0.4) is 0 Å². The van der Waals surface area contributed by atoms with Gasteiger partial charge in [0.25, 0.3) is 0 Å². The average molecular weight is 259 g/mol. The van der Waals surface area contributed by atoms with Gasteiger partial charge in [-0.15, -0.1) is 0 Å². The van der Waals surface area contributed by atoms with E-state index in [9.17, 15) is 9.50 Å². The summed E-state index contributed by atoms with van der Waals surface area (Å²) in [6.07, 6.45) is 3.40. The molecule has 1 aromatic rings. The lowest BCUT2D eigenvalue weighted by Crippen LogP contribution is -2.24. The summed E-state index contributed by atoms with van der Waals surface area (Å²) in [5, 5.41) is 9.49. The molecule has 0 saturated heterocycles. The topological polar surface area (TPSA) is 29.5 Å². The molecule has 1 aliphatic carbocycles. The number of hydrogen-bond donors (Lipinski definition) is 1. The lowest BCUT2D eigenvalue weighted by atomic mass is 9.95. The SMILES string of the molecule is OC1CCC(OCc2ccc(F)c(Cl)c2)CC1. The van der Waals surface area contributed by atoms with Crippen molar-refractivity contribution >= 4 is 11.6 Å². The number of rotatable bonds is 3. The van der Waals surface area contributed by atoms with Crippen LogP contribution in [0.4, 0.5) is 4.39 Å². The van der Waals surface area contributed by atoms with Crippen LogP contribution in [0.1, 0.15) is 31.2 Å². The predicted molar refractivity (Wildman–Crippen MR) is 64.5 cm³/mol. The van der Waals surface area contributed by atoms with Crippen LogP contribution >= 0.6 is 11.6 Å². The Bertz CT molecular complexity index is 376. The monoisotopic (exact) mass is 258 g/mol. The van der Waals surface area contributed by atoms with Gasteiger partial charge in [-0.3, -0.25) is 0 Å². The molecule has 1 saturated carbocycles. The fraction of sp³-hybridized carbons (Fsp3) is 0.538.